The first-order chi connectivity index (χ1) is 9.68. The first-order valence-electron chi connectivity index (χ1n) is 6.46. The number of anilines is 1. The van der Waals surface area contributed by atoms with Crippen molar-refractivity contribution in [3.8, 4) is 11.6 Å². The Kier molecular flexibility index (Phi) is 4.18. The van der Waals surface area contributed by atoms with Crippen molar-refractivity contribution in [2.45, 2.75) is 33.1 Å². The second kappa shape index (κ2) is 5.60. The number of ether oxygens (including phenoxy) is 1. The van der Waals surface area contributed by atoms with E-state index in [4.69, 9.17) is 10.5 Å². The van der Waals surface area contributed by atoms with Crippen LogP contribution in [0.5, 0.6) is 11.6 Å². The minimum atomic E-state index is -0.400. The second-order valence-electron chi connectivity index (χ2n) is 5.79. The fourth-order valence-corrected chi connectivity index (χ4v) is 1.85. The molecule has 1 heterocycles. The van der Waals surface area contributed by atoms with Crippen LogP contribution in [0.2, 0.25) is 0 Å². The van der Waals surface area contributed by atoms with Gasteiger partial charge in [0.05, 0.1) is 10.0 Å². The zero-order valence-corrected chi connectivity index (χ0v) is 14.0. The molecular formula is C15H17BrFN3O. The Labute approximate surface area is 131 Å². The number of rotatable bonds is 2. The first-order valence-corrected chi connectivity index (χ1v) is 7.25. The van der Waals surface area contributed by atoms with Crippen LogP contribution in [0.25, 0.3) is 0 Å². The minimum Gasteiger partial charge on any atom is -0.438 e. The summed E-state index contributed by atoms with van der Waals surface area (Å²) in [5, 5.41) is 0. The predicted octanol–water partition coefficient (Wildman–Crippen LogP) is 4.36. The molecule has 0 radical (unpaired) electrons. The lowest BCUT2D eigenvalue weighted by atomic mass is 9.95. The Bertz CT molecular complexity index is 683. The van der Waals surface area contributed by atoms with Gasteiger partial charge in [-0.1, -0.05) is 20.8 Å². The van der Waals surface area contributed by atoms with E-state index in [9.17, 15) is 4.39 Å². The number of hydrogen-bond donors (Lipinski definition) is 1. The molecule has 0 aliphatic heterocycles. The second-order valence-corrected chi connectivity index (χ2v) is 6.64. The lowest BCUT2D eigenvalue weighted by Gasteiger charge is -2.19. The number of aromatic nitrogens is 2. The summed E-state index contributed by atoms with van der Waals surface area (Å²) < 4.78 is 19.6. The number of hydrogen-bond acceptors (Lipinski definition) is 4. The van der Waals surface area contributed by atoms with Crippen LogP contribution in [0.3, 0.4) is 0 Å². The molecule has 0 bridgehead atoms. The Morgan fingerprint density at radius 3 is 2.48 bits per heavy atom. The molecule has 0 spiro atoms. The SMILES string of the molecule is Cc1c(N)nc(C(C)(C)C)nc1Oc1ccc(Br)c(F)c1. The van der Waals surface area contributed by atoms with E-state index in [1.54, 1.807) is 19.1 Å². The van der Waals surface area contributed by atoms with E-state index in [1.165, 1.54) is 6.07 Å². The third kappa shape index (κ3) is 3.50. The normalized spacial score (nSPS) is 11.5. The average Bonchev–Trinajstić information content (AvgIpc) is 2.38. The molecule has 2 N–H and O–H groups in total. The van der Waals surface area contributed by atoms with Gasteiger partial charge in [-0.05, 0) is 35.0 Å². The van der Waals surface area contributed by atoms with Crippen molar-refractivity contribution in [3.05, 3.63) is 39.9 Å². The van der Waals surface area contributed by atoms with Gasteiger partial charge in [-0.3, -0.25) is 0 Å². The molecule has 0 aliphatic carbocycles. The zero-order valence-electron chi connectivity index (χ0n) is 12.4. The summed E-state index contributed by atoms with van der Waals surface area (Å²) in [7, 11) is 0. The van der Waals surface area contributed by atoms with Gasteiger partial charge in [0.15, 0.2) is 0 Å². The number of nitrogens with zero attached hydrogens (tertiary/aromatic N) is 2. The molecule has 21 heavy (non-hydrogen) atoms. The monoisotopic (exact) mass is 353 g/mol. The molecule has 6 heteroatoms. The average molecular weight is 354 g/mol. The smallest absolute Gasteiger partial charge is 0.227 e. The van der Waals surface area contributed by atoms with Gasteiger partial charge >= 0.3 is 0 Å². The van der Waals surface area contributed by atoms with Gasteiger partial charge in [0.2, 0.25) is 5.88 Å². The molecule has 4 nitrogen and oxygen atoms in total. The lowest BCUT2D eigenvalue weighted by molar-refractivity contribution is 0.439. The van der Waals surface area contributed by atoms with Crippen LogP contribution in [0, 0.1) is 12.7 Å². The van der Waals surface area contributed by atoms with Crippen LogP contribution in [-0.2, 0) is 5.41 Å². The van der Waals surface area contributed by atoms with Gasteiger partial charge in [-0.2, -0.15) is 4.98 Å². The highest BCUT2D eigenvalue weighted by atomic mass is 79.9. The van der Waals surface area contributed by atoms with Crippen LogP contribution in [-0.4, -0.2) is 9.97 Å². The minimum absolute atomic E-state index is 0.259. The number of nitrogen functional groups attached to an aromatic ring is 1. The summed E-state index contributed by atoms with van der Waals surface area (Å²) in [4.78, 5) is 8.69. The van der Waals surface area contributed by atoms with E-state index in [1.807, 2.05) is 20.8 Å². The Morgan fingerprint density at radius 2 is 1.90 bits per heavy atom. The number of halogens is 2. The summed E-state index contributed by atoms with van der Waals surface area (Å²) in [6, 6.07) is 4.52. The van der Waals surface area contributed by atoms with Crippen LogP contribution < -0.4 is 10.5 Å². The van der Waals surface area contributed by atoms with Crippen LogP contribution in [0.1, 0.15) is 32.2 Å². The van der Waals surface area contributed by atoms with Gasteiger partial charge < -0.3 is 10.5 Å². The van der Waals surface area contributed by atoms with Crippen molar-refractivity contribution < 1.29 is 9.13 Å². The summed E-state index contributed by atoms with van der Waals surface area (Å²) in [5.74, 6) is 1.25. The summed E-state index contributed by atoms with van der Waals surface area (Å²) in [6.45, 7) is 7.73. The van der Waals surface area contributed by atoms with Gasteiger partial charge in [0.25, 0.3) is 0 Å². The van der Waals surface area contributed by atoms with E-state index < -0.39 is 5.82 Å². The van der Waals surface area contributed by atoms with Crippen molar-refractivity contribution in [2.24, 2.45) is 0 Å². The summed E-state index contributed by atoms with van der Waals surface area (Å²) in [5.41, 5.74) is 6.28. The number of nitrogens with two attached hydrogens (primary N) is 1. The molecule has 0 saturated carbocycles. The molecule has 0 amide bonds. The molecule has 2 aromatic rings. The highest BCUT2D eigenvalue weighted by Crippen LogP contribution is 2.30. The lowest BCUT2D eigenvalue weighted by Crippen LogP contribution is -2.18. The van der Waals surface area contributed by atoms with Crippen molar-refractivity contribution >= 4 is 21.7 Å². The number of benzene rings is 1. The molecule has 0 atom stereocenters. The van der Waals surface area contributed by atoms with Gasteiger partial charge in [0.1, 0.15) is 23.2 Å². The van der Waals surface area contributed by atoms with E-state index in [-0.39, 0.29) is 5.41 Å². The molecule has 0 saturated heterocycles. The highest BCUT2D eigenvalue weighted by Gasteiger charge is 2.21. The van der Waals surface area contributed by atoms with Gasteiger partial charge in [0, 0.05) is 11.5 Å². The van der Waals surface area contributed by atoms with Crippen LogP contribution in [0.4, 0.5) is 10.2 Å². The molecule has 1 aromatic carbocycles. The molecule has 1 aromatic heterocycles. The van der Waals surface area contributed by atoms with E-state index in [0.29, 0.717) is 33.3 Å². The van der Waals surface area contributed by atoms with Gasteiger partial charge in [-0.15, -0.1) is 0 Å². The standard InChI is InChI=1S/C15H17BrFN3O/c1-8-12(18)19-14(15(2,3)4)20-13(8)21-9-5-6-10(16)11(17)7-9/h5-7H,1-4H3,(H2,18,19,20). The van der Waals surface area contributed by atoms with Crippen molar-refractivity contribution in [3.63, 3.8) is 0 Å². The third-order valence-corrected chi connectivity index (χ3v) is 3.56. The molecular weight excluding hydrogens is 337 g/mol. The fraction of sp³-hybridized carbons (Fsp3) is 0.333. The maximum absolute atomic E-state index is 13.5. The van der Waals surface area contributed by atoms with Crippen LogP contribution >= 0.6 is 15.9 Å². The van der Waals surface area contributed by atoms with Crippen molar-refractivity contribution in [1.29, 1.82) is 0 Å². The fourth-order valence-electron chi connectivity index (χ4n) is 1.60. The maximum Gasteiger partial charge on any atom is 0.227 e. The largest absolute Gasteiger partial charge is 0.438 e. The summed E-state index contributed by atoms with van der Waals surface area (Å²) in [6.07, 6.45) is 0. The molecule has 0 fully saturated rings. The topological polar surface area (TPSA) is 61.0 Å². The predicted molar refractivity (Wildman–Crippen MR) is 84.1 cm³/mol. The molecule has 2 rings (SSSR count). The molecule has 0 unspecified atom stereocenters. The molecule has 112 valence electrons. The van der Waals surface area contributed by atoms with Crippen LogP contribution in [0.15, 0.2) is 22.7 Å². The summed E-state index contributed by atoms with van der Waals surface area (Å²) >= 11 is 3.10. The Balaban J connectivity index is 2.43. The van der Waals surface area contributed by atoms with Gasteiger partial charge in [-0.25, -0.2) is 9.37 Å². The quantitative estimate of drug-likeness (QED) is 0.871. The zero-order chi connectivity index (χ0) is 15.8. The Hall–Kier alpha value is -1.69. The Morgan fingerprint density at radius 1 is 1.24 bits per heavy atom. The van der Waals surface area contributed by atoms with E-state index >= 15 is 0 Å². The van der Waals surface area contributed by atoms with Crippen molar-refractivity contribution in [2.75, 3.05) is 5.73 Å². The third-order valence-electron chi connectivity index (χ3n) is 2.92. The highest BCUT2D eigenvalue weighted by molar-refractivity contribution is 9.10. The van der Waals surface area contributed by atoms with E-state index in [0.717, 1.165) is 0 Å². The van der Waals surface area contributed by atoms with E-state index in [2.05, 4.69) is 25.9 Å². The first kappa shape index (κ1) is 15.7. The maximum atomic E-state index is 13.5. The van der Waals surface area contributed by atoms with Crippen molar-refractivity contribution in [1.82, 2.24) is 9.97 Å². The molecule has 0 aliphatic rings.